The molecule has 0 atom stereocenters. The summed E-state index contributed by atoms with van der Waals surface area (Å²) in [6, 6.07) is 16.6. The first-order chi connectivity index (χ1) is 15.9. The Bertz CT molecular complexity index is 1630. The summed E-state index contributed by atoms with van der Waals surface area (Å²) in [4.78, 5) is 12.1. The zero-order valence-corrected chi connectivity index (χ0v) is 20.2. The summed E-state index contributed by atoms with van der Waals surface area (Å²) in [5.41, 5.74) is 1.82. The summed E-state index contributed by atoms with van der Waals surface area (Å²) in [5.74, 6) is -1.32. The molecule has 0 aliphatic heterocycles. The van der Waals surface area contributed by atoms with E-state index in [1.807, 2.05) is 13.8 Å². The molecule has 176 valence electrons. The molecule has 1 aromatic heterocycles. The van der Waals surface area contributed by atoms with Crippen LogP contribution >= 0.6 is 0 Å². The van der Waals surface area contributed by atoms with E-state index in [1.54, 1.807) is 24.3 Å². The van der Waals surface area contributed by atoms with Crippen LogP contribution in [0.4, 0.5) is 5.69 Å². The first-order valence-corrected chi connectivity index (χ1v) is 13.1. The van der Waals surface area contributed by atoms with E-state index in [0.29, 0.717) is 0 Å². The number of nitrogens with one attached hydrogen (secondary N) is 1. The summed E-state index contributed by atoms with van der Waals surface area (Å²) in [7, 11) is -8.04. The topological polar surface area (TPSA) is 123 Å². The molecule has 0 aliphatic carbocycles. The summed E-state index contributed by atoms with van der Waals surface area (Å²) >= 11 is 0. The van der Waals surface area contributed by atoms with E-state index in [1.165, 1.54) is 49.4 Å². The van der Waals surface area contributed by atoms with E-state index in [2.05, 4.69) is 4.72 Å². The van der Waals surface area contributed by atoms with Gasteiger partial charge in [-0.05, 0) is 63.2 Å². The zero-order chi connectivity index (χ0) is 24.8. The number of hydrogen-bond acceptors (Lipinski definition) is 5. The van der Waals surface area contributed by atoms with Crippen molar-refractivity contribution in [3.63, 3.8) is 0 Å². The Morgan fingerprint density at radius 2 is 1.32 bits per heavy atom. The van der Waals surface area contributed by atoms with Crippen molar-refractivity contribution in [2.45, 2.75) is 30.6 Å². The van der Waals surface area contributed by atoms with Crippen molar-refractivity contribution in [2.24, 2.45) is 0 Å². The lowest BCUT2D eigenvalue weighted by Gasteiger charge is -2.11. The first-order valence-electron chi connectivity index (χ1n) is 10.2. The van der Waals surface area contributed by atoms with Crippen molar-refractivity contribution in [3.05, 3.63) is 89.1 Å². The van der Waals surface area contributed by atoms with Crippen LogP contribution in [0.25, 0.3) is 10.9 Å². The molecule has 0 saturated carbocycles. The molecule has 10 heteroatoms. The van der Waals surface area contributed by atoms with Gasteiger partial charge in [-0.15, -0.1) is 0 Å². The van der Waals surface area contributed by atoms with Crippen LogP contribution in [0.1, 0.15) is 27.2 Å². The minimum Gasteiger partial charge on any atom is -0.478 e. The average Bonchev–Trinajstić information content (AvgIpc) is 3.06. The fraction of sp³-hybridized carbons (Fsp3) is 0.125. The number of carboxylic acids is 1. The van der Waals surface area contributed by atoms with Gasteiger partial charge in [0.05, 0.1) is 20.9 Å². The number of anilines is 1. The summed E-state index contributed by atoms with van der Waals surface area (Å²) in [6.07, 6.45) is 0. The van der Waals surface area contributed by atoms with Gasteiger partial charge in [0, 0.05) is 16.8 Å². The normalized spacial score (nSPS) is 12.1. The largest absolute Gasteiger partial charge is 0.478 e. The van der Waals surface area contributed by atoms with Gasteiger partial charge >= 0.3 is 5.97 Å². The van der Waals surface area contributed by atoms with E-state index in [9.17, 15) is 26.7 Å². The molecule has 0 saturated heterocycles. The smallest absolute Gasteiger partial charge is 0.338 e. The standard InChI is InChI=1S/C24H22N2O6S2/c1-15-4-9-19(10-5-15)33(29,30)25-18-8-13-22-21(14-18)23(24(27)28)17(3)26(22)34(31,32)20-11-6-16(2)7-12-20/h4-14,25H,1-3H3,(H,27,28). The second kappa shape index (κ2) is 8.30. The highest BCUT2D eigenvalue weighted by Crippen LogP contribution is 2.32. The maximum atomic E-state index is 13.4. The van der Waals surface area contributed by atoms with Gasteiger partial charge in [0.2, 0.25) is 0 Å². The molecular formula is C24H22N2O6S2. The molecule has 4 aromatic rings. The van der Waals surface area contributed by atoms with E-state index < -0.39 is 26.0 Å². The van der Waals surface area contributed by atoms with Gasteiger partial charge in [-0.1, -0.05) is 35.4 Å². The van der Waals surface area contributed by atoms with Gasteiger partial charge < -0.3 is 5.11 Å². The zero-order valence-electron chi connectivity index (χ0n) is 18.6. The number of rotatable bonds is 6. The van der Waals surface area contributed by atoms with Crippen LogP contribution in [0.3, 0.4) is 0 Å². The monoisotopic (exact) mass is 498 g/mol. The Morgan fingerprint density at radius 1 is 0.794 bits per heavy atom. The van der Waals surface area contributed by atoms with Gasteiger partial charge in [-0.25, -0.2) is 25.6 Å². The molecule has 2 N–H and O–H groups in total. The van der Waals surface area contributed by atoms with Crippen LogP contribution in [0.15, 0.2) is 76.5 Å². The summed E-state index contributed by atoms with van der Waals surface area (Å²) in [5, 5.41) is 9.93. The molecule has 3 aromatic carbocycles. The third-order valence-electron chi connectivity index (χ3n) is 5.51. The Kier molecular flexibility index (Phi) is 5.74. The Morgan fingerprint density at radius 3 is 1.85 bits per heavy atom. The number of hydrogen-bond donors (Lipinski definition) is 2. The first kappa shape index (κ1) is 23.5. The predicted octanol–water partition coefficient (Wildman–Crippen LogP) is 4.30. The minimum absolute atomic E-state index is 0.0131. The highest BCUT2D eigenvalue weighted by atomic mass is 32.2. The molecular weight excluding hydrogens is 476 g/mol. The second-order valence-corrected chi connectivity index (χ2v) is 11.5. The third kappa shape index (κ3) is 4.06. The SMILES string of the molecule is Cc1ccc(S(=O)(=O)Nc2ccc3c(c2)c(C(=O)O)c(C)n3S(=O)(=O)c2ccc(C)cc2)cc1. The number of fused-ring (bicyclic) bond motifs is 1. The quantitative estimate of drug-likeness (QED) is 0.409. The molecule has 34 heavy (non-hydrogen) atoms. The molecule has 0 radical (unpaired) electrons. The van der Waals surface area contributed by atoms with Crippen molar-refractivity contribution in [3.8, 4) is 0 Å². The molecule has 8 nitrogen and oxygen atoms in total. The molecule has 0 amide bonds. The number of carbonyl (C=O) groups is 1. The van der Waals surface area contributed by atoms with E-state index in [-0.39, 0.29) is 37.6 Å². The summed E-state index contributed by atoms with van der Waals surface area (Å²) in [6.45, 7) is 5.07. The number of nitrogens with zero attached hydrogens (tertiary/aromatic N) is 1. The van der Waals surface area contributed by atoms with Crippen LogP contribution < -0.4 is 4.72 Å². The molecule has 0 aliphatic rings. The van der Waals surface area contributed by atoms with Gasteiger partial charge in [-0.2, -0.15) is 0 Å². The third-order valence-corrected chi connectivity index (χ3v) is 8.72. The fourth-order valence-corrected chi connectivity index (χ4v) is 6.39. The van der Waals surface area contributed by atoms with Crippen LogP contribution in [-0.2, 0) is 20.0 Å². The van der Waals surface area contributed by atoms with Crippen LogP contribution in [0, 0.1) is 20.8 Å². The number of sulfonamides is 1. The van der Waals surface area contributed by atoms with Gasteiger partial charge in [0.25, 0.3) is 20.0 Å². The molecule has 0 fully saturated rings. The summed E-state index contributed by atoms with van der Waals surface area (Å²) < 4.78 is 55.8. The van der Waals surface area contributed by atoms with E-state index in [0.717, 1.165) is 15.1 Å². The highest BCUT2D eigenvalue weighted by Gasteiger charge is 2.28. The average molecular weight is 499 g/mol. The van der Waals surface area contributed by atoms with Crippen molar-refractivity contribution >= 4 is 42.6 Å². The molecule has 0 bridgehead atoms. The lowest BCUT2D eigenvalue weighted by molar-refractivity contribution is 0.0698. The Labute approximate surface area is 197 Å². The molecule has 0 spiro atoms. The predicted molar refractivity (Wildman–Crippen MR) is 129 cm³/mol. The van der Waals surface area contributed by atoms with Crippen molar-refractivity contribution in [2.75, 3.05) is 4.72 Å². The van der Waals surface area contributed by atoms with E-state index in [4.69, 9.17) is 0 Å². The number of aromatic carboxylic acids is 1. The van der Waals surface area contributed by atoms with E-state index >= 15 is 0 Å². The lowest BCUT2D eigenvalue weighted by Crippen LogP contribution is -2.15. The van der Waals surface area contributed by atoms with Gasteiger partial charge in [-0.3, -0.25) is 4.72 Å². The minimum atomic E-state index is -4.11. The maximum absolute atomic E-state index is 13.4. The van der Waals surface area contributed by atoms with Crippen molar-refractivity contribution in [1.29, 1.82) is 0 Å². The molecule has 0 unspecified atom stereocenters. The number of benzene rings is 3. The number of aryl methyl sites for hydroxylation is 2. The van der Waals surface area contributed by atoms with Crippen LogP contribution in [-0.4, -0.2) is 31.9 Å². The van der Waals surface area contributed by atoms with Crippen LogP contribution in [0.5, 0.6) is 0 Å². The Balaban J connectivity index is 1.87. The number of aromatic nitrogens is 1. The second-order valence-electron chi connectivity index (χ2n) is 8.00. The van der Waals surface area contributed by atoms with Crippen molar-refractivity contribution < 1.29 is 26.7 Å². The van der Waals surface area contributed by atoms with Gasteiger partial charge in [0.15, 0.2) is 0 Å². The molecule has 1 heterocycles. The fourth-order valence-electron chi connectivity index (χ4n) is 3.78. The molecule has 4 rings (SSSR count). The van der Waals surface area contributed by atoms with Crippen molar-refractivity contribution in [1.82, 2.24) is 3.97 Å². The van der Waals surface area contributed by atoms with Crippen LogP contribution in [0.2, 0.25) is 0 Å². The Hall–Kier alpha value is -3.63. The van der Waals surface area contributed by atoms with Gasteiger partial charge in [0.1, 0.15) is 0 Å². The lowest BCUT2D eigenvalue weighted by atomic mass is 10.1. The number of carboxylic acid groups (broad SMARTS) is 1. The maximum Gasteiger partial charge on any atom is 0.338 e. The highest BCUT2D eigenvalue weighted by molar-refractivity contribution is 7.92.